The molecule has 0 aromatic carbocycles. The van der Waals surface area contributed by atoms with Crippen LogP contribution in [0.5, 0.6) is 0 Å². The number of pyridine rings is 1. The summed E-state index contributed by atoms with van der Waals surface area (Å²) in [6, 6.07) is 5.83. The van der Waals surface area contributed by atoms with Crippen molar-refractivity contribution in [1.82, 2.24) is 4.98 Å². The summed E-state index contributed by atoms with van der Waals surface area (Å²) in [6.07, 6.45) is 2.46. The molecule has 0 saturated carbocycles. The summed E-state index contributed by atoms with van der Waals surface area (Å²) < 4.78 is 0. The lowest BCUT2D eigenvalue weighted by Crippen LogP contribution is -2.21. The number of aromatic nitrogens is 1. The van der Waals surface area contributed by atoms with Crippen molar-refractivity contribution in [3.05, 3.63) is 24.4 Å². The third kappa shape index (κ3) is 1.41. The second kappa shape index (κ2) is 3.11. The largest absolute Gasteiger partial charge is 0.391 e. The van der Waals surface area contributed by atoms with Crippen molar-refractivity contribution >= 4 is 5.82 Å². The third-order valence-corrected chi connectivity index (χ3v) is 2.14. The Labute approximate surface area is 71.7 Å². The number of hydrogen-bond donors (Lipinski definition) is 1. The Kier molecular flexibility index (Phi) is 1.96. The van der Waals surface area contributed by atoms with Crippen molar-refractivity contribution in [2.24, 2.45) is 0 Å². The molecule has 1 aliphatic heterocycles. The second-order valence-corrected chi connectivity index (χ2v) is 3.08. The van der Waals surface area contributed by atoms with E-state index in [1.54, 1.807) is 6.20 Å². The minimum atomic E-state index is -0.174. The van der Waals surface area contributed by atoms with Gasteiger partial charge in [-0.1, -0.05) is 6.07 Å². The Morgan fingerprint density at radius 1 is 1.50 bits per heavy atom. The summed E-state index contributed by atoms with van der Waals surface area (Å²) in [5, 5.41) is 9.29. The highest BCUT2D eigenvalue weighted by Gasteiger charge is 2.20. The van der Waals surface area contributed by atoms with Crippen LogP contribution in [-0.4, -0.2) is 29.3 Å². The topological polar surface area (TPSA) is 36.4 Å². The summed E-state index contributed by atoms with van der Waals surface area (Å²) in [5.74, 6) is 0.967. The molecule has 1 unspecified atom stereocenters. The summed E-state index contributed by atoms with van der Waals surface area (Å²) >= 11 is 0. The van der Waals surface area contributed by atoms with E-state index < -0.39 is 0 Å². The summed E-state index contributed by atoms with van der Waals surface area (Å²) in [6.45, 7) is 1.63. The zero-order valence-electron chi connectivity index (χ0n) is 6.85. The second-order valence-electron chi connectivity index (χ2n) is 3.08. The van der Waals surface area contributed by atoms with Crippen LogP contribution in [0.3, 0.4) is 0 Å². The number of aliphatic hydroxyl groups excluding tert-OH is 1. The average Bonchev–Trinajstić information content (AvgIpc) is 2.54. The molecular weight excluding hydrogens is 152 g/mol. The first kappa shape index (κ1) is 7.55. The predicted molar refractivity (Wildman–Crippen MR) is 47.1 cm³/mol. The molecule has 0 aliphatic carbocycles. The molecule has 0 radical (unpaired) electrons. The van der Waals surface area contributed by atoms with Gasteiger partial charge in [0.25, 0.3) is 0 Å². The maximum Gasteiger partial charge on any atom is 0.128 e. The molecule has 1 N–H and O–H groups in total. The number of aliphatic hydroxyl groups is 1. The van der Waals surface area contributed by atoms with Crippen molar-refractivity contribution in [2.45, 2.75) is 12.5 Å². The maximum absolute atomic E-state index is 9.29. The lowest BCUT2D eigenvalue weighted by molar-refractivity contribution is 0.198. The molecule has 0 bridgehead atoms. The van der Waals surface area contributed by atoms with Crippen molar-refractivity contribution in [3.8, 4) is 0 Å². The van der Waals surface area contributed by atoms with Crippen LogP contribution < -0.4 is 4.90 Å². The van der Waals surface area contributed by atoms with Gasteiger partial charge in [-0.2, -0.15) is 0 Å². The molecule has 3 nitrogen and oxygen atoms in total. The standard InChI is InChI=1S/C9H12N2O/c12-8-4-6-11(7-8)9-3-1-2-5-10-9/h1-3,5,8,12H,4,6-7H2. The SMILES string of the molecule is OC1CCN(c2ccccn2)C1. The molecule has 2 rings (SSSR count). The van der Waals surface area contributed by atoms with Crippen LogP contribution in [-0.2, 0) is 0 Å². The fraction of sp³-hybridized carbons (Fsp3) is 0.444. The highest BCUT2D eigenvalue weighted by molar-refractivity contribution is 5.38. The molecule has 1 saturated heterocycles. The molecule has 1 aliphatic rings. The molecule has 0 spiro atoms. The Morgan fingerprint density at radius 3 is 3.00 bits per heavy atom. The van der Waals surface area contributed by atoms with Crippen LogP contribution in [0, 0.1) is 0 Å². The molecule has 1 fully saturated rings. The molecule has 3 heteroatoms. The van der Waals surface area contributed by atoms with Gasteiger partial charge >= 0.3 is 0 Å². The number of rotatable bonds is 1. The van der Waals surface area contributed by atoms with E-state index in [9.17, 15) is 5.11 Å². The van der Waals surface area contributed by atoms with E-state index >= 15 is 0 Å². The van der Waals surface area contributed by atoms with Crippen LogP contribution in [0.15, 0.2) is 24.4 Å². The van der Waals surface area contributed by atoms with Crippen LogP contribution in [0.25, 0.3) is 0 Å². The molecule has 64 valence electrons. The van der Waals surface area contributed by atoms with Gasteiger partial charge in [0.05, 0.1) is 6.10 Å². The Bertz CT molecular complexity index is 250. The summed E-state index contributed by atoms with van der Waals surface area (Å²) in [7, 11) is 0. The number of β-amino-alcohol motifs (C(OH)–C–C–N with tert-alkyl or cyclic N) is 1. The first-order valence-electron chi connectivity index (χ1n) is 4.20. The molecule has 0 amide bonds. The van der Waals surface area contributed by atoms with Crippen LogP contribution in [0.2, 0.25) is 0 Å². The van der Waals surface area contributed by atoms with Gasteiger partial charge in [-0.3, -0.25) is 0 Å². The lowest BCUT2D eigenvalue weighted by Gasteiger charge is -2.15. The molecule has 12 heavy (non-hydrogen) atoms. The van der Waals surface area contributed by atoms with Gasteiger partial charge in [0.2, 0.25) is 0 Å². The highest BCUT2D eigenvalue weighted by Crippen LogP contribution is 2.16. The fourth-order valence-electron chi connectivity index (χ4n) is 1.49. The molecule has 1 atom stereocenters. The normalized spacial score (nSPS) is 23.1. The smallest absolute Gasteiger partial charge is 0.128 e. The minimum Gasteiger partial charge on any atom is -0.391 e. The van der Waals surface area contributed by atoms with E-state index in [0.29, 0.717) is 0 Å². The predicted octanol–water partition coefficient (Wildman–Crippen LogP) is 0.653. The number of anilines is 1. The molecule has 1 aromatic heterocycles. The minimum absolute atomic E-state index is 0.174. The van der Waals surface area contributed by atoms with Crippen molar-refractivity contribution < 1.29 is 5.11 Å². The van der Waals surface area contributed by atoms with Crippen LogP contribution in [0.1, 0.15) is 6.42 Å². The number of hydrogen-bond acceptors (Lipinski definition) is 3. The summed E-state index contributed by atoms with van der Waals surface area (Å²) in [5.41, 5.74) is 0. The third-order valence-electron chi connectivity index (χ3n) is 2.14. The quantitative estimate of drug-likeness (QED) is 0.662. The van der Waals surface area contributed by atoms with E-state index in [1.165, 1.54) is 0 Å². The Hall–Kier alpha value is -1.09. The Morgan fingerprint density at radius 2 is 2.42 bits per heavy atom. The zero-order chi connectivity index (χ0) is 8.39. The van der Waals surface area contributed by atoms with Gasteiger partial charge in [-0.05, 0) is 18.6 Å². The van der Waals surface area contributed by atoms with E-state index in [1.807, 2.05) is 18.2 Å². The van der Waals surface area contributed by atoms with Crippen molar-refractivity contribution in [2.75, 3.05) is 18.0 Å². The number of nitrogens with zero attached hydrogens (tertiary/aromatic N) is 2. The molecule has 2 heterocycles. The van der Waals surface area contributed by atoms with Crippen LogP contribution in [0.4, 0.5) is 5.82 Å². The lowest BCUT2D eigenvalue weighted by atomic mass is 10.3. The van der Waals surface area contributed by atoms with E-state index in [0.717, 1.165) is 25.3 Å². The van der Waals surface area contributed by atoms with E-state index in [4.69, 9.17) is 0 Å². The van der Waals surface area contributed by atoms with Crippen LogP contribution >= 0.6 is 0 Å². The van der Waals surface area contributed by atoms with Gasteiger partial charge in [0.15, 0.2) is 0 Å². The molecule has 1 aromatic rings. The van der Waals surface area contributed by atoms with Gasteiger partial charge in [0.1, 0.15) is 5.82 Å². The fourth-order valence-corrected chi connectivity index (χ4v) is 1.49. The highest BCUT2D eigenvalue weighted by atomic mass is 16.3. The van der Waals surface area contributed by atoms with E-state index in [-0.39, 0.29) is 6.10 Å². The maximum atomic E-state index is 9.29. The van der Waals surface area contributed by atoms with E-state index in [2.05, 4.69) is 9.88 Å². The molecular formula is C9H12N2O. The first-order chi connectivity index (χ1) is 5.86. The first-order valence-corrected chi connectivity index (χ1v) is 4.20. The van der Waals surface area contributed by atoms with Crippen molar-refractivity contribution in [1.29, 1.82) is 0 Å². The van der Waals surface area contributed by atoms with Crippen molar-refractivity contribution in [3.63, 3.8) is 0 Å². The summed E-state index contributed by atoms with van der Waals surface area (Å²) in [4.78, 5) is 6.31. The average molecular weight is 164 g/mol. The monoisotopic (exact) mass is 164 g/mol. The van der Waals surface area contributed by atoms with Gasteiger partial charge in [-0.25, -0.2) is 4.98 Å². The Balaban J connectivity index is 2.11. The van der Waals surface area contributed by atoms with Gasteiger partial charge < -0.3 is 10.0 Å². The zero-order valence-corrected chi connectivity index (χ0v) is 6.85. The van der Waals surface area contributed by atoms with Gasteiger partial charge in [0, 0.05) is 19.3 Å². The van der Waals surface area contributed by atoms with Gasteiger partial charge in [-0.15, -0.1) is 0 Å².